The molecule has 2 atom stereocenters. The Bertz CT molecular complexity index is 1230. The van der Waals surface area contributed by atoms with Crippen molar-refractivity contribution >= 4 is 38.4 Å². The van der Waals surface area contributed by atoms with Crippen molar-refractivity contribution in [1.82, 2.24) is 30.0 Å². The first-order valence-corrected chi connectivity index (χ1v) is 12.3. The lowest BCUT2D eigenvalue weighted by molar-refractivity contribution is -0.0200. The second kappa shape index (κ2) is 9.58. The van der Waals surface area contributed by atoms with Gasteiger partial charge in [0.2, 0.25) is 0 Å². The van der Waals surface area contributed by atoms with Crippen LogP contribution in [0.5, 0.6) is 0 Å². The van der Waals surface area contributed by atoms with E-state index in [0.717, 1.165) is 59.5 Å². The lowest BCUT2D eigenvalue weighted by Gasteiger charge is -2.42. The number of benzene rings is 1. The maximum absolute atomic E-state index is 10.8. The van der Waals surface area contributed by atoms with Crippen LogP contribution in [-0.2, 0) is 6.42 Å². The van der Waals surface area contributed by atoms with Crippen molar-refractivity contribution in [3.8, 4) is 0 Å². The molecule has 1 aromatic carbocycles. The first-order chi connectivity index (χ1) is 16.1. The normalized spacial score (nSPS) is 18.3. The zero-order valence-electron chi connectivity index (χ0n) is 19.0. The molecule has 3 aromatic heterocycles. The molecule has 4 aromatic rings. The summed E-state index contributed by atoms with van der Waals surface area (Å²) >= 11 is 1.74. The maximum atomic E-state index is 10.8. The summed E-state index contributed by atoms with van der Waals surface area (Å²) in [6.45, 7) is 7.22. The van der Waals surface area contributed by atoms with Crippen molar-refractivity contribution in [3.05, 3.63) is 41.5 Å². The largest absolute Gasteiger partial charge is 0.395 e. The molecule has 4 heterocycles. The lowest BCUT2D eigenvalue weighted by atomic mass is 10.1. The van der Waals surface area contributed by atoms with Gasteiger partial charge in [-0.25, -0.2) is 9.97 Å². The minimum Gasteiger partial charge on any atom is -0.395 e. The number of aliphatic hydroxyl groups is 1. The smallest absolute Gasteiger partial charge is 0.141 e. The number of aromatic nitrogens is 5. The van der Waals surface area contributed by atoms with Crippen LogP contribution in [0.2, 0.25) is 0 Å². The van der Waals surface area contributed by atoms with Crippen molar-refractivity contribution in [1.29, 1.82) is 0 Å². The van der Waals surface area contributed by atoms with E-state index in [1.807, 2.05) is 24.3 Å². The van der Waals surface area contributed by atoms with Gasteiger partial charge in [0.1, 0.15) is 40.8 Å². The summed E-state index contributed by atoms with van der Waals surface area (Å²) in [5, 5.41) is 20.0. The molecule has 33 heavy (non-hydrogen) atoms. The number of rotatable bonds is 8. The molecule has 0 bridgehead atoms. The first kappa shape index (κ1) is 22.0. The van der Waals surface area contributed by atoms with Crippen LogP contribution >= 0.6 is 11.3 Å². The van der Waals surface area contributed by atoms with Gasteiger partial charge in [-0.05, 0) is 49.6 Å². The predicted octanol–water partition coefficient (Wildman–Crippen LogP) is 2.74. The molecule has 1 aliphatic heterocycles. The molecule has 10 heteroatoms. The Labute approximate surface area is 196 Å². The standard InChI is InChI=1S/C23H29N7O2S/c1-3-17-13-18-22(24-15-25-23(18)33-17)29-11-10-28(14-16(29)2)21(31)9-6-12-32-30-20-8-5-4-7-19(20)26-27-30/h4-5,7-8,13,15-16,21,31H,3,6,9-12,14H2,1-2H3/t16-,21?/m1/s1. The molecule has 1 saturated heterocycles. The zero-order chi connectivity index (χ0) is 22.8. The summed E-state index contributed by atoms with van der Waals surface area (Å²) in [5.41, 5.74) is 1.65. The summed E-state index contributed by atoms with van der Waals surface area (Å²) in [6.07, 6.45) is 3.54. The molecule has 0 saturated carbocycles. The Hall–Kier alpha value is -2.82. The number of fused-ring (bicyclic) bond motifs is 2. The number of aryl methyl sites for hydroxylation is 1. The molecule has 1 aliphatic rings. The van der Waals surface area contributed by atoms with Crippen LogP contribution in [0, 0.1) is 0 Å². The number of anilines is 1. The lowest BCUT2D eigenvalue weighted by Crippen LogP contribution is -2.55. The Morgan fingerprint density at radius 2 is 2.12 bits per heavy atom. The van der Waals surface area contributed by atoms with Crippen molar-refractivity contribution in [2.24, 2.45) is 0 Å². The van der Waals surface area contributed by atoms with Gasteiger partial charge in [0, 0.05) is 30.6 Å². The fourth-order valence-corrected chi connectivity index (χ4v) is 5.34. The van der Waals surface area contributed by atoms with E-state index >= 15 is 0 Å². The Balaban J connectivity index is 1.14. The van der Waals surface area contributed by atoms with Crippen LogP contribution in [0.4, 0.5) is 5.82 Å². The molecule has 5 rings (SSSR count). The van der Waals surface area contributed by atoms with Gasteiger partial charge in [-0.15, -0.1) is 16.4 Å². The highest BCUT2D eigenvalue weighted by atomic mass is 32.1. The molecule has 0 amide bonds. The summed E-state index contributed by atoms with van der Waals surface area (Å²) in [4.78, 5) is 23.1. The van der Waals surface area contributed by atoms with Crippen molar-refractivity contribution in [2.45, 2.75) is 45.4 Å². The fourth-order valence-electron chi connectivity index (χ4n) is 4.41. The van der Waals surface area contributed by atoms with E-state index in [9.17, 15) is 5.11 Å². The third-order valence-corrected chi connectivity index (χ3v) is 7.39. The van der Waals surface area contributed by atoms with Crippen LogP contribution in [-0.4, -0.2) is 73.6 Å². The highest BCUT2D eigenvalue weighted by Crippen LogP contribution is 2.32. The molecule has 0 radical (unpaired) electrons. The Morgan fingerprint density at radius 1 is 1.24 bits per heavy atom. The summed E-state index contributed by atoms with van der Waals surface area (Å²) < 4.78 is 0. The fraction of sp³-hybridized carbons (Fsp3) is 0.478. The second-order valence-electron chi connectivity index (χ2n) is 8.43. The number of piperazine rings is 1. The molecular formula is C23H29N7O2S. The van der Waals surface area contributed by atoms with Gasteiger partial charge in [-0.2, -0.15) is 0 Å². The van der Waals surface area contributed by atoms with E-state index in [0.29, 0.717) is 13.0 Å². The van der Waals surface area contributed by atoms with Gasteiger partial charge in [-0.3, -0.25) is 4.90 Å². The second-order valence-corrected chi connectivity index (χ2v) is 9.54. The average Bonchev–Trinajstić information content (AvgIpc) is 3.45. The van der Waals surface area contributed by atoms with E-state index in [-0.39, 0.29) is 6.04 Å². The van der Waals surface area contributed by atoms with Gasteiger partial charge < -0.3 is 14.8 Å². The maximum Gasteiger partial charge on any atom is 0.141 e. The Kier molecular flexibility index (Phi) is 6.39. The van der Waals surface area contributed by atoms with E-state index in [2.05, 4.69) is 50.0 Å². The van der Waals surface area contributed by atoms with Crippen LogP contribution in [0.25, 0.3) is 21.3 Å². The van der Waals surface area contributed by atoms with E-state index in [4.69, 9.17) is 4.84 Å². The third kappa shape index (κ3) is 4.50. The number of thiophene rings is 1. The topological polar surface area (TPSA) is 92.4 Å². The van der Waals surface area contributed by atoms with Crippen molar-refractivity contribution in [2.75, 3.05) is 31.1 Å². The van der Waals surface area contributed by atoms with Crippen LogP contribution in [0.1, 0.15) is 31.6 Å². The highest BCUT2D eigenvalue weighted by molar-refractivity contribution is 7.18. The molecule has 9 nitrogen and oxygen atoms in total. The summed E-state index contributed by atoms with van der Waals surface area (Å²) in [6, 6.07) is 10.2. The molecular weight excluding hydrogens is 438 g/mol. The Morgan fingerprint density at radius 3 is 2.97 bits per heavy atom. The van der Waals surface area contributed by atoms with Gasteiger partial charge >= 0.3 is 0 Å². The van der Waals surface area contributed by atoms with E-state index in [1.54, 1.807) is 17.7 Å². The number of hydrogen-bond acceptors (Lipinski definition) is 9. The number of para-hydroxylation sites is 1. The molecule has 0 spiro atoms. The van der Waals surface area contributed by atoms with Gasteiger partial charge in [0.15, 0.2) is 0 Å². The highest BCUT2D eigenvalue weighted by Gasteiger charge is 2.29. The monoisotopic (exact) mass is 467 g/mol. The van der Waals surface area contributed by atoms with E-state index < -0.39 is 6.23 Å². The first-order valence-electron chi connectivity index (χ1n) is 11.5. The number of aliphatic hydroxyl groups excluding tert-OH is 1. The summed E-state index contributed by atoms with van der Waals surface area (Å²) in [5.74, 6) is 1.01. The molecule has 1 fully saturated rings. The molecule has 0 aliphatic carbocycles. The van der Waals surface area contributed by atoms with Gasteiger partial charge in [0.25, 0.3) is 0 Å². The molecule has 174 valence electrons. The van der Waals surface area contributed by atoms with Crippen molar-refractivity contribution < 1.29 is 9.94 Å². The number of nitrogens with zero attached hydrogens (tertiary/aromatic N) is 7. The number of hydrogen-bond donors (Lipinski definition) is 1. The zero-order valence-corrected chi connectivity index (χ0v) is 19.8. The average molecular weight is 468 g/mol. The van der Waals surface area contributed by atoms with Gasteiger partial charge in [0.05, 0.1) is 5.39 Å². The SMILES string of the molecule is CCc1cc2c(N3CCN(C(O)CCCOn4nnc5ccccc54)C[C@H]3C)ncnc2s1. The summed E-state index contributed by atoms with van der Waals surface area (Å²) in [7, 11) is 0. The van der Waals surface area contributed by atoms with Crippen LogP contribution < -0.4 is 9.74 Å². The third-order valence-electron chi connectivity index (χ3n) is 6.20. The quantitative estimate of drug-likeness (QED) is 0.396. The van der Waals surface area contributed by atoms with E-state index in [1.165, 1.54) is 9.72 Å². The van der Waals surface area contributed by atoms with Crippen LogP contribution in [0.15, 0.2) is 36.7 Å². The minimum atomic E-state index is -0.496. The van der Waals surface area contributed by atoms with Crippen LogP contribution in [0.3, 0.4) is 0 Å². The molecule has 1 unspecified atom stereocenters. The molecule has 1 N–H and O–H groups in total. The minimum absolute atomic E-state index is 0.245. The van der Waals surface area contributed by atoms with Crippen molar-refractivity contribution in [3.63, 3.8) is 0 Å². The predicted molar refractivity (Wildman–Crippen MR) is 129 cm³/mol. The van der Waals surface area contributed by atoms with Gasteiger partial charge in [-0.1, -0.05) is 23.9 Å².